The zero-order valence-electron chi connectivity index (χ0n) is 10.9. The maximum atomic E-state index is 11.8. The van der Waals surface area contributed by atoms with Crippen molar-refractivity contribution in [2.75, 3.05) is 19.8 Å². The molecule has 0 spiro atoms. The van der Waals surface area contributed by atoms with Gasteiger partial charge >= 0.3 is 0 Å². The van der Waals surface area contributed by atoms with Crippen LogP contribution in [0.2, 0.25) is 0 Å². The van der Waals surface area contributed by atoms with Crippen molar-refractivity contribution < 1.29 is 14.3 Å². The molecular formula is C15H15NO3S. The number of hydrogen-bond acceptors (Lipinski definition) is 4. The number of benzene rings is 1. The lowest BCUT2D eigenvalue weighted by Crippen LogP contribution is -2.24. The van der Waals surface area contributed by atoms with E-state index in [-0.39, 0.29) is 5.91 Å². The summed E-state index contributed by atoms with van der Waals surface area (Å²) >= 11 is 1.45. The number of fused-ring (bicyclic) bond motifs is 1. The number of carbonyl (C=O) groups is 1. The van der Waals surface area contributed by atoms with Crippen LogP contribution in [-0.2, 0) is 6.42 Å². The van der Waals surface area contributed by atoms with Crippen molar-refractivity contribution in [2.24, 2.45) is 0 Å². The fraction of sp³-hybridized carbons (Fsp3) is 0.267. The van der Waals surface area contributed by atoms with Crippen molar-refractivity contribution >= 4 is 17.2 Å². The van der Waals surface area contributed by atoms with Gasteiger partial charge in [-0.2, -0.15) is 0 Å². The van der Waals surface area contributed by atoms with Crippen molar-refractivity contribution in [3.8, 4) is 11.5 Å². The lowest BCUT2D eigenvalue weighted by molar-refractivity contribution is 0.0958. The van der Waals surface area contributed by atoms with Gasteiger partial charge in [-0.1, -0.05) is 12.1 Å². The molecular weight excluding hydrogens is 274 g/mol. The third-order valence-electron chi connectivity index (χ3n) is 3.05. The second-order valence-electron chi connectivity index (χ2n) is 4.46. The smallest absolute Gasteiger partial charge is 0.261 e. The van der Waals surface area contributed by atoms with Crippen molar-refractivity contribution in [2.45, 2.75) is 6.42 Å². The summed E-state index contributed by atoms with van der Waals surface area (Å²) in [5.41, 5.74) is 1.13. The SMILES string of the molecule is O=C(NCCc1ccc2c(c1)OCCO2)c1cccs1. The Balaban J connectivity index is 1.55. The molecule has 0 saturated carbocycles. The molecule has 5 heteroatoms. The van der Waals surface area contributed by atoms with Crippen molar-refractivity contribution in [1.82, 2.24) is 5.32 Å². The number of hydrogen-bond donors (Lipinski definition) is 1. The van der Waals surface area contributed by atoms with Gasteiger partial charge in [0, 0.05) is 6.54 Å². The van der Waals surface area contributed by atoms with Crippen LogP contribution < -0.4 is 14.8 Å². The Bertz CT molecular complexity index is 595. The molecule has 0 radical (unpaired) electrons. The first-order valence-corrected chi connectivity index (χ1v) is 7.41. The van der Waals surface area contributed by atoms with Crippen LogP contribution in [0.5, 0.6) is 11.5 Å². The molecule has 2 aromatic rings. The van der Waals surface area contributed by atoms with Crippen LogP contribution in [0.15, 0.2) is 35.7 Å². The third-order valence-corrected chi connectivity index (χ3v) is 3.92. The fourth-order valence-electron chi connectivity index (χ4n) is 2.06. The van der Waals surface area contributed by atoms with Gasteiger partial charge in [-0.25, -0.2) is 0 Å². The van der Waals surface area contributed by atoms with E-state index in [4.69, 9.17) is 9.47 Å². The summed E-state index contributed by atoms with van der Waals surface area (Å²) in [5.74, 6) is 1.57. The molecule has 1 aliphatic rings. The lowest BCUT2D eigenvalue weighted by atomic mass is 10.1. The maximum absolute atomic E-state index is 11.8. The van der Waals surface area contributed by atoms with Gasteiger partial charge in [-0.05, 0) is 35.6 Å². The summed E-state index contributed by atoms with van der Waals surface area (Å²) in [5, 5.41) is 4.81. The van der Waals surface area contributed by atoms with Crippen LogP contribution in [0.3, 0.4) is 0 Å². The van der Waals surface area contributed by atoms with E-state index in [0.29, 0.717) is 19.8 Å². The summed E-state index contributed by atoms with van der Waals surface area (Å²) in [6.07, 6.45) is 0.772. The van der Waals surface area contributed by atoms with E-state index in [9.17, 15) is 4.79 Å². The van der Waals surface area contributed by atoms with E-state index in [0.717, 1.165) is 28.4 Å². The van der Waals surface area contributed by atoms with Crippen LogP contribution in [0.25, 0.3) is 0 Å². The van der Waals surface area contributed by atoms with E-state index in [1.54, 1.807) is 0 Å². The van der Waals surface area contributed by atoms with Gasteiger partial charge in [0.05, 0.1) is 4.88 Å². The second kappa shape index (κ2) is 5.96. The van der Waals surface area contributed by atoms with Crippen LogP contribution in [0, 0.1) is 0 Å². The van der Waals surface area contributed by atoms with E-state index in [2.05, 4.69) is 5.32 Å². The van der Waals surface area contributed by atoms with Gasteiger partial charge < -0.3 is 14.8 Å². The normalized spacial score (nSPS) is 13.0. The number of carbonyl (C=O) groups excluding carboxylic acids is 1. The molecule has 0 bridgehead atoms. The molecule has 0 fully saturated rings. The Morgan fingerprint density at radius 3 is 2.85 bits per heavy atom. The highest BCUT2D eigenvalue weighted by Crippen LogP contribution is 2.30. The summed E-state index contributed by atoms with van der Waals surface area (Å²) in [6, 6.07) is 9.60. The molecule has 0 atom stereocenters. The lowest BCUT2D eigenvalue weighted by Gasteiger charge is -2.18. The number of thiophene rings is 1. The minimum atomic E-state index is -0.0162. The summed E-state index contributed by atoms with van der Waals surface area (Å²) in [4.78, 5) is 12.5. The molecule has 1 N–H and O–H groups in total. The molecule has 4 nitrogen and oxygen atoms in total. The molecule has 1 aromatic carbocycles. The van der Waals surface area contributed by atoms with Crippen LogP contribution >= 0.6 is 11.3 Å². The molecule has 20 heavy (non-hydrogen) atoms. The average Bonchev–Trinajstić information content (AvgIpc) is 3.01. The van der Waals surface area contributed by atoms with Gasteiger partial charge in [0.25, 0.3) is 5.91 Å². The second-order valence-corrected chi connectivity index (χ2v) is 5.41. The van der Waals surface area contributed by atoms with Crippen molar-refractivity contribution in [3.05, 3.63) is 46.2 Å². The fourth-order valence-corrected chi connectivity index (χ4v) is 2.70. The zero-order chi connectivity index (χ0) is 13.8. The van der Waals surface area contributed by atoms with E-state index >= 15 is 0 Å². The summed E-state index contributed by atoms with van der Waals surface area (Å²) in [6.45, 7) is 1.80. The predicted molar refractivity (Wildman–Crippen MR) is 77.8 cm³/mol. The molecule has 1 aromatic heterocycles. The average molecular weight is 289 g/mol. The number of rotatable bonds is 4. The van der Waals surface area contributed by atoms with Crippen molar-refractivity contribution in [3.63, 3.8) is 0 Å². The number of ether oxygens (including phenoxy) is 2. The van der Waals surface area contributed by atoms with Gasteiger partial charge in [0.15, 0.2) is 11.5 Å². The predicted octanol–water partition coefficient (Wildman–Crippen LogP) is 2.49. The van der Waals surface area contributed by atoms with Gasteiger partial charge in [-0.15, -0.1) is 11.3 Å². The monoisotopic (exact) mass is 289 g/mol. The Kier molecular flexibility index (Phi) is 3.87. The highest BCUT2D eigenvalue weighted by atomic mass is 32.1. The van der Waals surface area contributed by atoms with Gasteiger partial charge in [-0.3, -0.25) is 4.79 Å². The molecule has 0 aliphatic carbocycles. The Hall–Kier alpha value is -2.01. The highest BCUT2D eigenvalue weighted by Gasteiger charge is 2.11. The molecule has 0 saturated heterocycles. The molecule has 2 heterocycles. The standard InChI is InChI=1S/C15H15NO3S/c17-15(14-2-1-9-20-14)16-6-5-11-3-4-12-13(10-11)19-8-7-18-12/h1-4,9-10H,5-8H2,(H,16,17). The molecule has 0 unspecified atom stereocenters. The summed E-state index contributed by atoms with van der Waals surface area (Å²) < 4.78 is 11.0. The minimum absolute atomic E-state index is 0.0162. The van der Waals surface area contributed by atoms with Crippen LogP contribution in [-0.4, -0.2) is 25.7 Å². The van der Waals surface area contributed by atoms with Crippen LogP contribution in [0.1, 0.15) is 15.2 Å². The van der Waals surface area contributed by atoms with E-state index < -0.39 is 0 Å². The Labute approximate surface area is 121 Å². The van der Waals surface area contributed by atoms with Crippen molar-refractivity contribution in [1.29, 1.82) is 0 Å². The van der Waals surface area contributed by atoms with Crippen LogP contribution in [0.4, 0.5) is 0 Å². The van der Waals surface area contributed by atoms with E-state index in [1.807, 2.05) is 35.7 Å². The largest absolute Gasteiger partial charge is 0.486 e. The zero-order valence-corrected chi connectivity index (χ0v) is 11.7. The van der Waals surface area contributed by atoms with Gasteiger partial charge in [0.1, 0.15) is 13.2 Å². The maximum Gasteiger partial charge on any atom is 0.261 e. The first-order valence-electron chi connectivity index (χ1n) is 6.53. The topological polar surface area (TPSA) is 47.6 Å². The molecule has 1 aliphatic heterocycles. The summed E-state index contributed by atoms with van der Waals surface area (Å²) in [7, 11) is 0. The first-order chi connectivity index (χ1) is 9.83. The Morgan fingerprint density at radius 1 is 1.20 bits per heavy atom. The number of amides is 1. The Morgan fingerprint density at radius 2 is 2.05 bits per heavy atom. The molecule has 1 amide bonds. The molecule has 104 valence electrons. The van der Waals surface area contributed by atoms with E-state index in [1.165, 1.54) is 11.3 Å². The first kappa shape index (κ1) is 13.0. The highest BCUT2D eigenvalue weighted by molar-refractivity contribution is 7.12. The quantitative estimate of drug-likeness (QED) is 0.940. The minimum Gasteiger partial charge on any atom is -0.486 e. The molecule has 3 rings (SSSR count). The number of nitrogens with one attached hydrogen (secondary N) is 1. The van der Waals surface area contributed by atoms with Gasteiger partial charge in [0.2, 0.25) is 0 Å². The third kappa shape index (κ3) is 2.93.